The number of likely N-dealkylation sites (tertiary alicyclic amines) is 1. The molecule has 1 aliphatic rings. The van der Waals surface area contributed by atoms with Crippen molar-refractivity contribution in [1.82, 2.24) is 4.90 Å². The number of halogens is 1. The van der Waals surface area contributed by atoms with E-state index in [2.05, 4.69) is 10.2 Å². The van der Waals surface area contributed by atoms with Gasteiger partial charge in [-0.15, -0.1) is 0 Å². The number of benzene rings is 1. The summed E-state index contributed by atoms with van der Waals surface area (Å²) >= 11 is 6.04. The molecule has 0 bridgehead atoms. The third-order valence-electron chi connectivity index (χ3n) is 3.78. The minimum absolute atomic E-state index is 0.0299. The Morgan fingerprint density at radius 2 is 1.88 bits per heavy atom. The predicted octanol–water partition coefficient (Wildman–Crippen LogP) is 2.92. The van der Waals surface area contributed by atoms with E-state index in [1.165, 1.54) is 25.7 Å². The Bertz CT molecular complexity index is 530. The lowest BCUT2D eigenvalue weighted by Crippen LogP contribution is -2.34. The van der Waals surface area contributed by atoms with E-state index in [-0.39, 0.29) is 12.4 Å². The van der Waals surface area contributed by atoms with Crippen molar-refractivity contribution in [2.45, 2.75) is 25.7 Å². The maximum atomic E-state index is 12.3. The van der Waals surface area contributed by atoms with E-state index in [9.17, 15) is 4.79 Å². The average Bonchev–Trinajstić information content (AvgIpc) is 2.76. The Morgan fingerprint density at radius 3 is 2.42 bits per heavy atom. The fourth-order valence-corrected chi connectivity index (χ4v) is 2.86. The normalized spacial score (nSPS) is 14.8. The number of carbonyl (C=O) groups excluding carboxylic acids is 1. The van der Waals surface area contributed by atoms with Crippen molar-refractivity contribution in [2.75, 3.05) is 43.9 Å². The van der Waals surface area contributed by atoms with Crippen LogP contribution in [0.1, 0.15) is 25.7 Å². The van der Waals surface area contributed by atoms with Crippen molar-refractivity contribution < 1.29 is 14.7 Å². The number of hydrogen-bond acceptors (Lipinski definition) is 4. The molecule has 134 valence electrons. The summed E-state index contributed by atoms with van der Waals surface area (Å²) in [4.78, 5) is 24.8. The number of nitrogens with zero attached hydrogens (tertiary/aromatic N) is 2. The fraction of sp³-hybridized carbons (Fsp3) is 0.529. The van der Waals surface area contributed by atoms with Crippen molar-refractivity contribution in [1.29, 1.82) is 0 Å². The highest BCUT2D eigenvalue weighted by Crippen LogP contribution is 2.27. The molecule has 1 aromatic carbocycles. The van der Waals surface area contributed by atoms with Crippen LogP contribution in [0.2, 0.25) is 5.02 Å². The van der Waals surface area contributed by atoms with Gasteiger partial charge in [-0.25, -0.2) is 0 Å². The van der Waals surface area contributed by atoms with Gasteiger partial charge in [-0.05, 0) is 44.1 Å². The summed E-state index contributed by atoms with van der Waals surface area (Å²) in [7, 11) is 3.90. The molecule has 0 aromatic heterocycles. The van der Waals surface area contributed by atoms with Gasteiger partial charge in [0.05, 0.1) is 17.9 Å². The Balaban J connectivity index is 0.000000891. The molecule has 1 saturated heterocycles. The number of hydrogen-bond donors (Lipinski definition) is 2. The average molecular weight is 356 g/mol. The third kappa shape index (κ3) is 7.19. The minimum Gasteiger partial charge on any atom is -0.483 e. The fourth-order valence-electron chi connectivity index (χ4n) is 2.69. The zero-order valence-electron chi connectivity index (χ0n) is 14.3. The van der Waals surface area contributed by atoms with Crippen LogP contribution in [-0.4, -0.2) is 56.1 Å². The molecule has 6 nitrogen and oxygen atoms in total. The summed E-state index contributed by atoms with van der Waals surface area (Å²) in [5.74, 6) is 0.0299. The van der Waals surface area contributed by atoms with E-state index in [1.807, 2.05) is 31.1 Å². The first-order valence-corrected chi connectivity index (χ1v) is 8.42. The van der Waals surface area contributed by atoms with Gasteiger partial charge in [0.15, 0.2) is 0 Å². The molecule has 7 heteroatoms. The van der Waals surface area contributed by atoms with Crippen LogP contribution >= 0.6 is 11.6 Å². The summed E-state index contributed by atoms with van der Waals surface area (Å²) in [5, 5.41) is 10.5. The summed E-state index contributed by atoms with van der Waals surface area (Å²) in [6, 6.07) is 5.56. The van der Waals surface area contributed by atoms with Gasteiger partial charge < -0.3 is 15.3 Å². The summed E-state index contributed by atoms with van der Waals surface area (Å²) < 4.78 is 0. The lowest BCUT2D eigenvalue weighted by Gasteiger charge is -2.21. The van der Waals surface area contributed by atoms with Gasteiger partial charge in [0, 0.05) is 19.1 Å². The molecule has 0 aliphatic carbocycles. The lowest BCUT2D eigenvalue weighted by molar-refractivity contribution is -0.123. The molecule has 1 amide bonds. The van der Waals surface area contributed by atoms with Crippen molar-refractivity contribution in [3.05, 3.63) is 23.2 Å². The second-order valence-corrected chi connectivity index (χ2v) is 6.34. The van der Waals surface area contributed by atoms with Crippen molar-refractivity contribution in [2.24, 2.45) is 0 Å². The van der Waals surface area contributed by atoms with E-state index in [0.717, 1.165) is 24.5 Å². The second-order valence-electron chi connectivity index (χ2n) is 5.90. The number of rotatable bonds is 4. The number of anilines is 2. The molecule has 1 aromatic rings. The van der Waals surface area contributed by atoms with Gasteiger partial charge in [0.1, 0.15) is 0 Å². The van der Waals surface area contributed by atoms with Crippen LogP contribution in [-0.2, 0) is 9.59 Å². The highest BCUT2D eigenvalue weighted by atomic mass is 35.5. The molecule has 0 atom stereocenters. The third-order valence-corrected chi connectivity index (χ3v) is 4.02. The molecule has 2 rings (SSSR count). The van der Waals surface area contributed by atoms with Crippen molar-refractivity contribution in [3.63, 3.8) is 0 Å². The van der Waals surface area contributed by atoms with Crippen molar-refractivity contribution >= 4 is 35.4 Å². The quantitative estimate of drug-likeness (QED) is 0.812. The maximum Gasteiger partial charge on any atom is 0.290 e. The molecule has 24 heavy (non-hydrogen) atoms. The standard InChI is InChI=1S/C16H24ClN3O.CH2O2/c1-19(2)15-8-7-13(17)11-14(15)18-16(21)12-20-9-5-3-4-6-10-20;2-1-3/h7-8,11H,3-6,9-10,12H2,1-2H3,(H,18,21);1H,(H,2,3). The summed E-state index contributed by atoms with van der Waals surface area (Å²) in [6.45, 7) is 2.24. The number of carboxylic acid groups (broad SMARTS) is 1. The predicted molar refractivity (Wildman–Crippen MR) is 98.0 cm³/mol. The van der Waals surface area contributed by atoms with E-state index in [1.54, 1.807) is 6.07 Å². The monoisotopic (exact) mass is 355 g/mol. The maximum absolute atomic E-state index is 12.3. The van der Waals surface area contributed by atoms with Crippen molar-refractivity contribution in [3.8, 4) is 0 Å². The Hall–Kier alpha value is -1.79. The summed E-state index contributed by atoms with van der Waals surface area (Å²) in [6.07, 6.45) is 4.93. The van der Waals surface area contributed by atoms with E-state index in [4.69, 9.17) is 21.5 Å². The molecule has 1 heterocycles. The van der Waals surface area contributed by atoms with Gasteiger partial charge in [-0.3, -0.25) is 14.5 Å². The smallest absolute Gasteiger partial charge is 0.290 e. The minimum atomic E-state index is -0.250. The molecule has 0 saturated carbocycles. The van der Waals surface area contributed by atoms with E-state index in [0.29, 0.717) is 11.6 Å². The summed E-state index contributed by atoms with van der Waals surface area (Å²) in [5.41, 5.74) is 1.73. The van der Waals surface area contributed by atoms with Crippen LogP contribution < -0.4 is 10.2 Å². The Labute approximate surface area is 148 Å². The van der Waals surface area contributed by atoms with E-state index < -0.39 is 0 Å². The zero-order chi connectivity index (χ0) is 17.9. The lowest BCUT2D eigenvalue weighted by atomic mass is 10.2. The van der Waals surface area contributed by atoms with Crippen LogP contribution in [0.4, 0.5) is 11.4 Å². The Morgan fingerprint density at radius 1 is 1.29 bits per heavy atom. The highest BCUT2D eigenvalue weighted by molar-refractivity contribution is 6.31. The number of carbonyl (C=O) groups is 2. The molecule has 1 aliphatic heterocycles. The van der Waals surface area contributed by atoms with Crippen LogP contribution in [0.25, 0.3) is 0 Å². The second kappa shape index (κ2) is 10.9. The number of amides is 1. The first-order chi connectivity index (χ1) is 11.5. The van der Waals surface area contributed by atoms with Gasteiger partial charge in [0.25, 0.3) is 6.47 Å². The molecule has 0 spiro atoms. The number of nitrogens with one attached hydrogen (secondary N) is 1. The largest absolute Gasteiger partial charge is 0.483 e. The molecular formula is C17H26ClN3O3. The molecule has 2 N–H and O–H groups in total. The van der Waals surface area contributed by atoms with Gasteiger partial charge >= 0.3 is 0 Å². The molecule has 0 radical (unpaired) electrons. The van der Waals surface area contributed by atoms with Crippen LogP contribution in [0, 0.1) is 0 Å². The van der Waals surface area contributed by atoms with Gasteiger partial charge in [-0.1, -0.05) is 24.4 Å². The van der Waals surface area contributed by atoms with Crippen LogP contribution in [0.15, 0.2) is 18.2 Å². The highest BCUT2D eigenvalue weighted by Gasteiger charge is 2.14. The van der Waals surface area contributed by atoms with Gasteiger partial charge in [-0.2, -0.15) is 0 Å². The van der Waals surface area contributed by atoms with Gasteiger partial charge in [0.2, 0.25) is 5.91 Å². The molecular weight excluding hydrogens is 330 g/mol. The zero-order valence-corrected chi connectivity index (χ0v) is 15.1. The van der Waals surface area contributed by atoms with E-state index >= 15 is 0 Å². The molecule has 0 unspecified atom stereocenters. The topological polar surface area (TPSA) is 72.9 Å². The first kappa shape index (κ1) is 20.3. The first-order valence-electron chi connectivity index (χ1n) is 8.05. The SMILES string of the molecule is CN(C)c1ccc(Cl)cc1NC(=O)CN1CCCCCC1.O=CO. The molecule has 1 fully saturated rings. The van der Waals surface area contributed by atoms with Crippen LogP contribution in [0.3, 0.4) is 0 Å². The van der Waals surface area contributed by atoms with Crippen LogP contribution in [0.5, 0.6) is 0 Å². The Kier molecular flexibility index (Phi) is 9.19.